The molecular formula is C22H32N2O2. The van der Waals surface area contributed by atoms with Gasteiger partial charge in [0.25, 0.3) is 0 Å². The fraction of sp³-hybridized carbons (Fsp3) is 0.636. The first-order valence-corrected chi connectivity index (χ1v) is 10.1. The maximum atomic E-state index is 5.82. The van der Waals surface area contributed by atoms with E-state index in [-0.39, 0.29) is 0 Å². The third-order valence-electron chi connectivity index (χ3n) is 5.26. The van der Waals surface area contributed by atoms with Gasteiger partial charge in [-0.3, -0.25) is 0 Å². The number of aryl methyl sites for hydroxylation is 2. The lowest BCUT2D eigenvalue weighted by atomic mass is 9.96. The normalized spacial score (nSPS) is 22.0. The van der Waals surface area contributed by atoms with E-state index in [9.17, 15) is 0 Å². The van der Waals surface area contributed by atoms with E-state index in [1.807, 2.05) is 0 Å². The van der Waals surface area contributed by atoms with Gasteiger partial charge in [-0.15, -0.1) is 0 Å². The summed E-state index contributed by atoms with van der Waals surface area (Å²) in [5, 5.41) is 0. The highest BCUT2D eigenvalue weighted by atomic mass is 16.5. The van der Waals surface area contributed by atoms with Gasteiger partial charge in [0.1, 0.15) is 13.2 Å². The Kier molecular flexibility index (Phi) is 6.33. The fourth-order valence-corrected chi connectivity index (χ4v) is 3.75. The number of hydrogen-bond acceptors (Lipinski definition) is 4. The summed E-state index contributed by atoms with van der Waals surface area (Å²) in [4.78, 5) is 9.49. The summed E-state index contributed by atoms with van der Waals surface area (Å²) in [5.41, 5.74) is 5.19. The molecule has 4 nitrogen and oxygen atoms in total. The highest BCUT2D eigenvalue weighted by molar-refractivity contribution is 5.82. The molecule has 0 N–H and O–H groups in total. The minimum Gasteiger partial charge on any atom is -0.478 e. The van der Waals surface area contributed by atoms with Crippen LogP contribution in [0.25, 0.3) is 0 Å². The average molecular weight is 357 g/mol. The number of aliphatic imine (C=N–C) groups is 2. The molecular weight excluding hydrogens is 324 g/mol. The molecule has 2 aliphatic rings. The number of nitrogens with zero attached hydrogens (tertiary/aromatic N) is 2. The van der Waals surface area contributed by atoms with E-state index in [4.69, 9.17) is 19.5 Å². The van der Waals surface area contributed by atoms with Crippen LogP contribution in [-0.2, 0) is 22.3 Å². The van der Waals surface area contributed by atoms with E-state index in [2.05, 4.69) is 39.8 Å². The number of ether oxygens (including phenoxy) is 2. The molecule has 1 aromatic carbocycles. The molecule has 0 fully saturated rings. The largest absolute Gasteiger partial charge is 0.478 e. The van der Waals surface area contributed by atoms with Crippen LogP contribution in [0.3, 0.4) is 0 Å². The molecule has 0 unspecified atom stereocenters. The molecule has 0 saturated heterocycles. The Morgan fingerprint density at radius 1 is 0.808 bits per heavy atom. The number of hydrogen-bond donors (Lipinski definition) is 0. The zero-order valence-electron chi connectivity index (χ0n) is 16.7. The van der Waals surface area contributed by atoms with Crippen molar-refractivity contribution in [2.24, 2.45) is 9.98 Å². The van der Waals surface area contributed by atoms with Crippen molar-refractivity contribution in [3.05, 3.63) is 34.4 Å². The summed E-state index contributed by atoms with van der Waals surface area (Å²) in [5.74, 6) is 1.78. The molecule has 3 rings (SSSR count). The number of benzene rings is 1. The van der Waals surface area contributed by atoms with Crippen molar-refractivity contribution in [3.8, 4) is 0 Å². The second-order valence-corrected chi connectivity index (χ2v) is 7.61. The lowest BCUT2D eigenvalue weighted by molar-refractivity contribution is 0.305. The average Bonchev–Trinajstić information content (AvgIpc) is 3.22. The summed E-state index contributed by atoms with van der Waals surface area (Å²) >= 11 is 0. The Labute approximate surface area is 157 Å². The van der Waals surface area contributed by atoms with Gasteiger partial charge in [0.2, 0.25) is 0 Å². The van der Waals surface area contributed by atoms with Gasteiger partial charge in [-0.1, -0.05) is 38.8 Å². The van der Waals surface area contributed by atoms with Crippen LogP contribution in [0.5, 0.6) is 0 Å². The van der Waals surface area contributed by atoms with Crippen LogP contribution in [0, 0.1) is 13.8 Å². The van der Waals surface area contributed by atoms with Gasteiger partial charge in [-0.2, -0.15) is 0 Å². The van der Waals surface area contributed by atoms with E-state index in [0.717, 1.165) is 63.5 Å². The van der Waals surface area contributed by atoms with Crippen molar-refractivity contribution in [3.63, 3.8) is 0 Å². The van der Waals surface area contributed by atoms with E-state index in [1.54, 1.807) is 0 Å². The molecule has 2 heterocycles. The van der Waals surface area contributed by atoms with Crippen molar-refractivity contribution in [1.29, 1.82) is 0 Å². The van der Waals surface area contributed by atoms with Crippen molar-refractivity contribution < 1.29 is 9.47 Å². The Morgan fingerprint density at radius 3 is 1.69 bits per heavy atom. The van der Waals surface area contributed by atoms with E-state index in [1.165, 1.54) is 22.3 Å². The zero-order valence-corrected chi connectivity index (χ0v) is 16.7. The van der Waals surface area contributed by atoms with Gasteiger partial charge >= 0.3 is 0 Å². The van der Waals surface area contributed by atoms with Gasteiger partial charge in [-0.25, -0.2) is 9.98 Å². The first kappa shape index (κ1) is 18.9. The third-order valence-corrected chi connectivity index (χ3v) is 5.26. The van der Waals surface area contributed by atoms with Gasteiger partial charge in [0.15, 0.2) is 11.8 Å². The Balaban J connectivity index is 1.71. The quantitative estimate of drug-likeness (QED) is 0.684. The van der Waals surface area contributed by atoms with Gasteiger partial charge in [0.05, 0.1) is 12.1 Å². The van der Waals surface area contributed by atoms with Crippen LogP contribution in [0.4, 0.5) is 0 Å². The van der Waals surface area contributed by atoms with Crippen LogP contribution >= 0.6 is 0 Å². The minimum absolute atomic E-state index is 0.344. The molecule has 2 aliphatic heterocycles. The van der Waals surface area contributed by atoms with Crippen LogP contribution in [0.15, 0.2) is 22.1 Å². The van der Waals surface area contributed by atoms with Crippen molar-refractivity contribution in [1.82, 2.24) is 0 Å². The van der Waals surface area contributed by atoms with Crippen LogP contribution in [0.2, 0.25) is 0 Å². The Morgan fingerprint density at radius 2 is 1.27 bits per heavy atom. The summed E-state index contributed by atoms with van der Waals surface area (Å²) in [6.07, 6.45) is 6.09. The number of rotatable bonds is 8. The highest BCUT2D eigenvalue weighted by Crippen LogP contribution is 2.22. The molecule has 26 heavy (non-hydrogen) atoms. The van der Waals surface area contributed by atoms with Gasteiger partial charge in [-0.05, 0) is 48.9 Å². The fourth-order valence-electron chi connectivity index (χ4n) is 3.75. The van der Waals surface area contributed by atoms with Gasteiger partial charge in [0, 0.05) is 12.8 Å². The summed E-state index contributed by atoms with van der Waals surface area (Å²) < 4.78 is 11.6. The lowest BCUT2D eigenvalue weighted by Crippen LogP contribution is -2.09. The van der Waals surface area contributed by atoms with Crippen LogP contribution in [-0.4, -0.2) is 37.1 Å². The van der Waals surface area contributed by atoms with Crippen molar-refractivity contribution in [2.45, 2.75) is 78.3 Å². The smallest absolute Gasteiger partial charge is 0.188 e. The maximum Gasteiger partial charge on any atom is 0.188 e. The highest BCUT2D eigenvalue weighted by Gasteiger charge is 2.21. The molecule has 4 heteroatoms. The standard InChI is InChI=1S/C22H32N2O2/c1-5-7-19-13-25-21(23-19)11-17-10-18(16(4)9-15(17)3)12-22-24-20(8-6-2)14-26-22/h9-10,19-20H,5-8,11-14H2,1-4H3/t19-,20-/m1/s1. The second-order valence-electron chi connectivity index (χ2n) is 7.61. The third kappa shape index (κ3) is 4.66. The summed E-state index contributed by atoms with van der Waals surface area (Å²) in [6, 6.07) is 5.25. The minimum atomic E-state index is 0.344. The monoisotopic (exact) mass is 356 g/mol. The Bertz CT molecular complexity index is 638. The zero-order chi connectivity index (χ0) is 18.5. The predicted octanol–water partition coefficient (Wildman–Crippen LogP) is 4.58. The molecule has 0 bridgehead atoms. The summed E-state index contributed by atoms with van der Waals surface area (Å²) in [6.45, 7) is 10.2. The van der Waals surface area contributed by atoms with E-state index < -0.39 is 0 Å². The molecule has 1 aromatic rings. The lowest BCUT2D eigenvalue weighted by Gasteiger charge is -2.12. The summed E-state index contributed by atoms with van der Waals surface area (Å²) in [7, 11) is 0. The Hall–Kier alpha value is -1.84. The van der Waals surface area contributed by atoms with E-state index in [0.29, 0.717) is 12.1 Å². The van der Waals surface area contributed by atoms with Crippen LogP contribution in [0.1, 0.15) is 61.8 Å². The van der Waals surface area contributed by atoms with Crippen LogP contribution < -0.4 is 0 Å². The first-order valence-electron chi connectivity index (χ1n) is 10.1. The first-order chi connectivity index (χ1) is 12.6. The SMILES string of the molecule is CCC[C@@H]1COC(Cc2cc(CC3=N[C@H](CCC)CO3)c(C)cc2C)=N1. The molecule has 0 radical (unpaired) electrons. The topological polar surface area (TPSA) is 43.2 Å². The molecule has 0 aliphatic carbocycles. The molecule has 0 saturated carbocycles. The molecule has 2 atom stereocenters. The van der Waals surface area contributed by atoms with Crippen molar-refractivity contribution in [2.75, 3.05) is 13.2 Å². The molecule has 0 amide bonds. The molecule has 0 aromatic heterocycles. The van der Waals surface area contributed by atoms with Crippen molar-refractivity contribution >= 4 is 11.8 Å². The predicted molar refractivity (Wildman–Crippen MR) is 107 cm³/mol. The van der Waals surface area contributed by atoms with Gasteiger partial charge < -0.3 is 9.47 Å². The van der Waals surface area contributed by atoms with E-state index >= 15 is 0 Å². The second kappa shape index (κ2) is 8.70. The molecule has 0 spiro atoms. The molecule has 142 valence electrons. The maximum absolute atomic E-state index is 5.82.